The second-order valence-electron chi connectivity index (χ2n) is 4.90. The van der Waals surface area contributed by atoms with E-state index in [1.54, 1.807) is 6.07 Å². The zero-order chi connectivity index (χ0) is 15.5. The molecule has 2 aromatic heterocycles. The van der Waals surface area contributed by atoms with Gasteiger partial charge in [-0.2, -0.15) is 0 Å². The van der Waals surface area contributed by atoms with E-state index in [0.717, 1.165) is 10.4 Å². The lowest BCUT2D eigenvalue weighted by atomic mass is 10.2. The van der Waals surface area contributed by atoms with E-state index in [4.69, 9.17) is 4.74 Å². The molecule has 0 amide bonds. The highest BCUT2D eigenvalue weighted by atomic mass is 32.1. The number of ether oxygens (including phenoxy) is 1. The summed E-state index contributed by atoms with van der Waals surface area (Å²) in [5, 5.41) is 0.542. The van der Waals surface area contributed by atoms with Gasteiger partial charge in [-0.25, -0.2) is 4.98 Å². The Kier molecular flexibility index (Phi) is 4.02. The van der Waals surface area contributed by atoms with Crippen LogP contribution in [0.4, 0.5) is 0 Å². The van der Waals surface area contributed by atoms with Gasteiger partial charge >= 0.3 is 5.97 Å². The number of aromatic nitrogens is 2. The molecule has 0 saturated carbocycles. The maximum Gasteiger partial charge on any atom is 0.326 e. The Hall–Kier alpha value is -2.47. The highest BCUT2D eigenvalue weighted by Gasteiger charge is 2.11. The Morgan fingerprint density at radius 1 is 1.32 bits per heavy atom. The third-order valence-electron chi connectivity index (χ3n) is 3.18. The number of carbonyl (C=O) groups excluding carboxylic acids is 1. The predicted octanol–water partition coefficient (Wildman–Crippen LogP) is 2.51. The number of hydrogen-bond donors (Lipinski definition) is 0. The van der Waals surface area contributed by atoms with E-state index in [1.165, 1.54) is 22.2 Å². The molecule has 1 aromatic carbocycles. The quantitative estimate of drug-likeness (QED) is 0.694. The Balaban J connectivity index is 1.71. The van der Waals surface area contributed by atoms with Gasteiger partial charge in [0.2, 0.25) is 0 Å². The van der Waals surface area contributed by atoms with Crippen LogP contribution in [0, 0.1) is 6.92 Å². The van der Waals surface area contributed by atoms with E-state index in [0.29, 0.717) is 10.2 Å². The van der Waals surface area contributed by atoms with E-state index >= 15 is 0 Å². The summed E-state index contributed by atoms with van der Waals surface area (Å²) in [5.74, 6) is -0.459. The Morgan fingerprint density at radius 2 is 2.09 bits per heavy atom. The van der Waals surface area contributed by atoms with E-state index in [2.05, 4.69) is 4.98 Å². The van der Waals surface area contributed by atoms with Crippen LogP contribution in [0.1, 0.15) is 10.4 Å². The molecule has 2 heterocycles. The van der Waals surface area contributed by atoms with Crippen LogP contribution < -0.4 is 5.56 Å². The lowest BCUT2D eigenvalue weighted by Gasteiger charge is -2.06. The van der Waals surface area contributed by atoms with Gasteiger partial charge in [0, 0.05) is 4.88 Å². The van der Waals surface area contributed by atoms with Gasteiger partial charge in [-0.15, -0.1) is 11.3 Å². The third-order valence-corrected chi connectivity index (χ3v) is 4.14. The lowest BCUT2D eigenvalue weighted by molar-refractivity contribution is -0.145. The molecule has 0 spiro atoms. The highest BCUT2D eigenvalue weighted by Crippen LogP contribution is 2.19. The minimum absolute atomic E-state index is 0.135. The van der Waals surface area contributed by atoms with Gasteiger partial charge in [-0.1, -0.05) is 30.3 Å². The second-order valence-corrected chi connectivity index (χ2v) is 6.13. The monoisotopic (exact) mass is 314 g/mol. The smallest absolute Gasteiger partial charge is 0.326 e. The van der Waals surface area contributed by atoms with E-state index in [-0.39, 0.29) is 18.7 Å². The summed E-state index contributed by atoms with van der Waals surface area (Å²) in [6.45, 7) is 1.98. The molecule has 0 atom stereocenters. The average Bonchev–Trinajstić information content (AvgIpc) is 2.91. The van der Waals surface area contributed by atoms with Crippen LogP contribution in [-0.2, 0) is 22.7 Å². The zero-order valence-corrected chi connectivity index (χ0v) is 12.8. The van der Waals surface area contributed by atoms with Crippen LogP contribution in [0.25, 0.3) is 10.2 Å². The van der Waals surface area contributed by atoms with Gasteiger partial charge in [0.05, 0.1) is 11.7 Å². The first-order valence-corrected chi connectivity index (χ1v) is 7.60. The largest absolute Gasteiger partial charge is 0.459 e. The van der Waals surface area contributed by atoms with E-state index < -0.39 is 5.97 Å². The van der Waals surface area contributed by atoms with Gasteiger partial charge in [0.15, 0.2) is 0 Å². The Bertz CT molecular complexity index is 868. The number of carbonyl (C=O) groups is 1. The van der Waals surface area contributed by atoms with Crippen molar-refractivity contribution in [1.29, 1.82) is 0 Å². The summed E-state index contributed by atoms with van der Waals surface area (Å²) < 4.78 is 6.46. The fraction of sp³-hybridized carbons (Fsp3) is 0.188. The van der Waals surface area contributed by atoms with Crippen molar-refractivity contribution in [3.8, 4) is 0 Å². The van der Waals surface area contributed by atoms with Crippen molar-refractivity contribution in [2.45, 2.75) is 20.1 Å². The molecule has 0 aliphatic carbocycles. The van der Waals surface area contributed by atoms with Crippen LogP contribution >= 0.6 is 11.3 Å². The molecule has 0 bridgehead atoms. The van der Waals surface area contributed by atoms with E-state index in [9.17, 15) is 9.59 Å². The minimum atomic E-state index is -0.459. The molecule has 0 fully saturated rings. The van der Waals surface area contributed by atoms with Crippen molar-refractivity contribution < 1.29 is 9.53 Å². The van der Waals surface area contributed by atoms with Crippen LogP contribution in [0.5, 0.6) is 0 Å². The number of thiophene rings is 1. The molecular formula is C16H14N2O3S. The molecule has 0 saturated heterocycles. The molecule has 0 aliphatic rings. The number of rotatable bonds is 4. The van der Waals surface area contributed by atoms with Crippen LogP contribution in [0.15, 0.2) is 47.5 Å². The van der Waals surface area contributed by atoms with Crippen LogP contribution in [0.3, 0.4) is 0 Å². The molecular weight excluding hydrogens is 300 g/mol. The van der Waals surface area contributed by atoms with Crippen molar-refractivity contribution >= 4 is 27.5 Å². The first-order chi connectivity index (χ1) is 10.6. The number of hydrogen-bond acceptors (Lipinski definition) is 5. The summed E-state index contributed by atoms with van der Waals surface area (Å²) in [4.78, 5) is 30.1. The molecule has 112 valence electrons. The van der Waals surface area contributed by atoms with Gasteiger partial charge in [-0.05, 0) is 18.6 Å². The molecule has 5 nitrogen and oxygen atoms in total. The second kappa shape index (κ2) is 6.11. The van der Waals surface area contributed by atoms with Crippen molar-refractivity contribution in [2.24, 2.45) is 0 Å². The Morgan fingerprint density at radius 3 is 2.86 bits per heavy atom. The molecule has 3 aromatic rings. The van der Waals surface area contributed by atoms with Crippen molar-refractivity contribution in [3.05, 3.63) is 63.5 Å². The number of fused-ring (bicyclic) bond motifs is 1. The zero-order valence-electron chi connectivity index (χ0n) is 12.0. The third kappa shape index (κ3) is 3.07. The number of esters is 1. The van der Waals surface area contributed by atoms with Crippen molar-refractivity contribution in [3.63, 3.8) is 0 Å². The summed E-state index contributed by atoms with van der Waals surface area (Å²) in [7, 11) is 0. The molecule has 3 rings (SSSR count). The standard InChI is InChI=1S/C16H14N2O3S/c1-11-7-13-15(22-11)17-10-18(16(13)20)8-14(19)21-9-12-5-3-2-4-6-12/h2-7,10H,8-9H2,1H3. The van der Waals surface area contributed by atoms with Crippen LogP contribution in [-0.4, -0.2) is 15.5 Å². The lowest BCUT2D eigenvalue weighted by Crippen LogP contribution is -2.25. The molecule has 0 radical (unpaired) electrons. The average molecular weight is 314 g/mol. The van der Waals surface area contributed by atoms with Gasteiger partial charge in [-0.3, -0.25) is 14.2 Å². The normalized spacial score (nSPS) is 10.8. The van der Waals surface area contributed by atoms with Gasteiger partial charge < -0.3 is 4.74 Å². The van der Waals surface area contributed by atoms with Crippen LogP contribution in [0.2, 0.25) is 0 Å². The highest BCUT2D eigenvalue weighted by molar-refractivity contribution is 7.18. The predicted molar refractivity (Wildman–Crippen MR) is 84.9 cm³/mol. The molecule has 0 unspecified atom stereocenters. The molecule has 6 heteroatoms. The summed E-state index contributed by atoms with van der Waals surface area (Å²) in [5.41, 5.74) is 0.691. The fourth-order valence-corrected chi connectivity index (χ4v) is 2.95. The van der Waals surface area contributed by atoms with Crippen molar-refractivity contribution in [1.82, 2.24) is 9.55 Å². The Labute approximate surface area is 130 Å². The summed E-state index contributed by atoms with van der Waals surface area (Å²) >= 11 is 1.46. The molecule has 22 heavy (non-hydrogen) atoms. The van der Waals surface area contributed by atoms with Crippen molar-refractivity contribution in [2.75, 3.05) is 0 Å². The SMILES string of the molecule is Cc1cc2c(=O)n(CC(=O)OCc3ccccc3)cnc2s1. The molecule has 0 aliphatic heterocycles. The first kappa shape index (κ1) is 14.5. The minimum Gasteiger partial charge on any atom is -0.459 e. The summed E-state index contributed by atoms with van der Waals surface area (Å²) in [6.07, 6.45) is 1.39. The maximum atomic E-state index is 12.3. The topological polar surface area (TPSA) is 61.2 Å². The maximum absolute atomic E-state index is 12.3. The number of aryl methyl sites for hydroxylation is 1. The van der Waals surface area contributed by atoms with Gasteiger partial charge in [0.1, 0.15) is 18.0 Å². The fourth-order valence-electron chi connectivity index (χ4n) is 2.12. The number of nitrogens with zero attached hydrogens (tertiary/aromatic N) is 2. The summed E-state index contributed by atoms with van der Waals surface area (Å²) in [6, 6.07) is 11.2. The van der Waals surface area contributed by atoms with E-state index in [1.807, 2.05) is 37.3 Å². The number of benzene rings is 1. The molecule has 0 N–H and O–H groups in total. The van der Waals surface area contributed by atoms with Gasteiger partial charge in [0.25, 0.3) is 5.56 Å². The first-order valence-electron chi connectivity index (χ1n) is 6.78.